The van der Waals surface area contributed by atoms with Gasteiger partial charge in [-0.15, -0.1) is 0 Å². The van der Waals surface area contributed by atoms with Crippen molar-refractivity contribution < 1.29 is 0 Å². The maximum absolute atomic E-state index is 6.70. The normalized spacial score (nSPS) is 15.6. The molecule has 0 atom stereocenters. The van der Waals surface area contributed by atoms with Crippen molar-refractivity contribution in [2.45, 2.75) is 50.2 Å². The van der Waals surface area contributed by atoms with Crippen molar-refractivity contribution in [2.75, 3.05) is 0 Å². The molecule has 1 rings (SSSR count). The predicted molar refractivity (Wildman–Crippen MR) is 184 cm³/mol. The molecule has 0 aliphatic rings. The fraction of sp³-hybridized carbons (Fsp3) is 0.611. The summed E-state index contributed by atoms with van der Waals surface area (Å²) in [5.41, 5.74) is -0.872. The molecule has 0 spiro atoms. The summed E-state index contributed by atoms with van der Waals surface area (Å²) in [7, 11) is 0. The lowest BCUT2D eigenvalue weighted by atomic mass is 9.87. The van der Waals surface area contributed by atoms with E-state index in [1.165, 1.54) is 0 Å². The first-order valence-corrected chi connectivity index (χ1v) is 17.2. The highest BCUT2D eigenvalue weighted by Gasteiger charge is 2.66. The van der Waals surface area contributed by atoms with Gasteiger partial charge in [0.1, 0.15) is 0 Å². The lowest BCUT2D eigenvalue weighted by Gasteiger charge is -2.44. The topological polar surface area (TPSA) is 0 Å². The van der Waals surface area contributed by atoms with Gasteiger partial charge in [0.25, 0.3) is 0 Å². The molecular weight excluding hydrogens is 961 g/mol. The Morgan fingerprint density at radius 1 is 0.436 bits per heavy atom. The van der Waals surface area contributed by atoms with Crippen molar-refractivity contribution in [2.24, 2.45) is 0 Å². The van der Waals surface area contributed by atoms with Crippen molar-refractivity contribution >= 4 is 244 Å². The van der Waals surface area contributed by atoms with Gasteiger partial charge in [0.05, 0.1) is 0 Å². The standard InChI is InChI=1S/C18H8Cl21/c1-2-3-7-8(11(21,22)14(27,28)17(34,35)36)4-6(10(19,20)13(25,26)16(31,32)33)5-9(7)12(23,24)15(29,30)18(37,38)39/h4-5H,1-3H2. The highest BCUT2D eigenvalue weighted by molar-refractivity contribution is 6.80. The minimum atomic E-state index is -2.62. The van der Waals surface area contributed by atoms with Crippen LogP contribution in [0.1, 0.15) is 28.7 Å². The summed E-state index contributed by atoms with van der Waals surface area (Å²) in [4.78, 5) is 0. The number of rotatable bonds is 8. The second-order valence-electron chi connectivity index (χ2n) is 7.59. The minimum absolute atomic E-state index is 0.0244. The molecule has 0 fully saturated rings. The first kappa shape index (κ1) is 42.3. The van der Waals surface area contributed by atoms with Gasteiger partial charge in [-0.25, -0.2) is 0 Å². The number of hydrogen-bond acceptors (Lipinski definition) is 0. The average molecular weight is 969 g/mol. The molecule has 1 aromatic carbocycles. The van der Waals surface area contributed by atoms with Crippen LogP contribution in [0.15, 0.2) is 12.1 Å². The Bertz CT molecular complexity index is 977. The third-order valence-corrected chi connectivity index (χ3v) is 16.8. The van der Waals surface area contributed by atoms with Crippen LogP contribution in [0.4, 0.5) is 0 Å². The number of alkyl halides is 21. The molecule has 0 amide bonds. The summed E-state index contributed by atoms with van der Waals surface area (Å²) in [6, 6.07) is 2.23. The molecule has 0 saturated heterocycles. The molecule has 227 valence electrons. The van der Waals surface area contributed by atoms with E-state index in [0.717, 1.165) is 12.1 Å². The van der Waals surface area contributed by atoms with E-state index in [2.05, 4.69) is 6.92 Å². The second-order valence-corrected chi connectivity index (χ2v) is 22.4. The van der Waals surface area contributed by atoms with Crippen LogP contribution >= 0.6 is 244 Å². The summed E-state index contributed by atoms with van der Waals surface area (Å²) >= 11 is 132. The molecule has 0 N–H and O–H groups in total. The average Bonchev–Trinajstić information content (AvgIpc) is 2.70. The van der Waals surface area contributed by atoms with Gasteiger partial charge < -0.3 is 0 Å². The summed E-state index contributed by atoms with van der Waals surface area (Å²) < 4.78 is -23.1. The van der Waals surface area contributed by atoms with Gasteiger partial charge in [0.15, 0.2) is 13.0 Å². The van der Waals surface area contributed by atoms with Gasteiger partial charge in [-0.05, 0) is 47.2 Å². The van der Waals surface area contributed by atoms with Crippen molar-refractivity contribution in [3.63, 3.8) is 0 Å². The van der Waals surface area contributed by atoms with Crippen LogP contribution in [0.25, 0.3) is 0 Å². The number of halogens is 21. The molecule has 0 nitrogen and oxygen atoms in total. The zero-order valence-electron chi connectivity index (χ0n) is 17.7. The molecule has 0 heterocycles. The van der Waals surface area contributed by atoms with E-state index in [0.29, 0.717) is 0 Å². The van der Waals surface area contributed by atoms with E-state index in [4.69, 9.17) is 244 Å². The first-order chi connectivity index (χ1) is 16.8. The molecule has 0 aromatic heterocycles. The Hall–Kier alpha value is 5.31. The summed E-state index contributed by atoms with van der Waals surface area (Å²) in [6.45, 7) is 3.78. The Morgan fingerprint density at radius 3 is 0.923 bits per heavy atom. The van der Waals surface area contributed by atoms with Crippen molar-refractivity contribution in [1.29, 1.82) is 0 Å². The fourth-order valence-corrected chi connectivity index (χ4v) is 7.43. The molecule has 0 aliphatic carbocycles. The monoisotopic (exact) mass is 958 g/mol. The molecule has 0 aliphatic heterocycles. The number of benzene rings is 1. The molecular formula is C18H8Cl21. The highest BCUT2D eigenvalue weighted by atomic mass is 35.6. The van der Waals surface area contributed by atoms with Crippen LogP contribution in [0.2, 0.25) is 0 Å². The van der Waals surface area contributed by atoms with E-state index in [1.807, 2.05) is 0 Å². The van der Waals surface area contributed by atoms with E-state index < -0.39 is 37.4 Å². The highest BCUT2D eigenvalue weighted by Crippen LogP contribution is 2.66. The van der Waals surface area contributed by atoms with Crippen LogP contribution in [-0.2, 0) is 19.4 Å². The van der Waals surface area contributed by atoms with Gasteiger partial charge in [0, 0.05) is 0 Å². The third-order valence-electron chi connectivity index (χ3n) is 4.97. The third kappa shape index (κ3) is 7.97. The summed E-state index contributed by atoms with van der Waals surface area (Å²) in [6.07, 6.45) is 0.0788. The Balaban J connectivity index is 4.51. The molecule has 21 heteroatoms. The second kappa shape index (κ2) is 13.7. The van der Waals surface area contributed by atoms with Gasteiger partial charge in [-0.3, -0.25) is 0 Å². The predicted octanol–water partition coefficient (Wildman–Crippen LogP) is 15.0. The fourth-order valence-electron chi connectivity index (χ4n) is 2.91. The van der Waals surface area contributed by atoms with Crippen LogP contribution in [0.3, 0.4) is 0 Å². The zero-order chi connectivity index (χ0) is 31.6. The van der Waals surface area contributed by atoms with Gasteiger partial charge >= 0.3 is 0 Å². The lowest BCUT2D eigenvalue weighted by Crippen LogP contribution is -2.49. The largest absolute Gasteiger partial charge is 0.226 e. The van der Waals surface area contributed by atoms with Crippen molar-refractivity contribution in [1.82, 2.24) is 0 Å². The van der Waals surface area contributed by atoms with E-state index in [9.17, 15) is 0 Å². The maximum Gasteiger partial charge on any atom is 0.226 e. The molecule has 0 unspecified atom stereocenters. The van der Waals surface area contributed by atoms with Gasteiger partial charge in [-0.1, -0.05) is 251 Å². The van der Waals surface area contributed by atoms with Crippen LogP contribution in [0, 0.1) is 6.92 Å². The molecule has 0 bridgehead atoms. The van der Waals surface area contributed by atoms with Gasteiger partial charge in [-0.2, -0.15) is 0 Å². The van der Waals surface area contributed by atoms with E-state index in [-0.39, 0.29) is 35.1 Å². The van der Waals surface area contributed by atoms with Crippen LogP contribution < -0.4 is 0 Å². The van der Waals surface area contributed by atoms with E-state index in [1.54, 1.807) is 0 Å². The summed E-state index contributed by atoms with van der Waals surface area (Å²) in [5.74, 6) is 0. The quantitative estimate of drug-likeness (QED) is 0.228. The van der Waals surface area contributed by atoms with Crippen molar-refractivity contribution in [3.8, 4) is 0 Å². The Labute approximate surface area is 330 Å². The lowest BCUT2D eigenvalue weighted by molar-refractivity contribution is 0.651. The smallest absolute Gasteiger partial charge is 0.0930 e. The van der Waals surface area contributed by atoms with Crippen LogP contribution in [-0.4, -0.2) is 24.4 Å². The van der Waals surface area contributed by atoms with Crippen LogP contribution in [0.5, 0.6) is 0 Å². The summed E-state index contributed by atoms with van der Waals surface area (Å²) in [5, 5.41) is 0. The minimum Gasteiger partial charge on any atom is -0.0930 e. The number of hydrogen-bond donors (Lipinski definition) is 0. The maximum atomic E-state index is 6.70. The zero-order valence-corrected chi connectivity index (χ0v) is 33.6. The first-order valence-electron chi connectivity index (χ1n) is 9.23. The molecule has 1 aromatic rings. The Morgan fingerprint density at radius 2 is 0.692 bits per heavy atom. The SMILES string of the molecule is [CH2]CCc1c(C(Cl)(Cl)C(Cl)(Cl)C(Cl)(Cl)Cl)cc(C(Cl)(Cl)C(Cl)(Cl)C(Cl)(Cl)Cl)cc1C(Cl)(Cl)C(Cl)(Cl)C(Cl)(Cl)Cl. The Kier molecular flexibility index (Phi) is 14.8. The van der Waals surface area contributed by atoms with Gasteiger partial charge in [0.2, 0.25) is 24.4 Å². The molecule has 39 heavy (non-hydrogen) atoms. The van der Waals surface area contributed by atoms with E-state index >= 15 is 0 Å². The molecule has 0 saturated carbocycles. The van der Waals surface area contributed by atoms with Crippen molar-refractivity contribution in [3.05, 3.63) is 41.3 Å². The molecule has 1 radical (unpaired) electrons.